The first kappa shape index (κ1) is 14.2. The Morgan fingerprint density at radius 1 is 1.56 bits per heavy atom. The predicted octanol–water partition coefficient (Wildman–Crippen LogP) is 1.18. The molecule has 1 atom stereocenters. The van der Waals surface area contributed by atoms with Gasteiger partial charge in [0.2, 0.25) is 0 Å². The molecular weight excluding hydrogens is 234 g/mol. The molecule has 6 nitrogen and oxygen atoms in total. The Morgan fingerprint density at radius 3 is 2.83 bits per heavy atom. The molecule has 0 bridgehead atoms. The third kappa shape index (κ3) is 3.87. The summed E-state index contributed by atoms with van der Waals surface area (Å²) in [6.45, 7) is 4.84. The van der Waals surface area contributed by atoms with Crippen molar-refractivity contribution in [2.45, 2.75) is 33.2 Å². The zero-order valence-corrected chi connectivity index (χ0v) is 10.7. The highest BCUT2D eigenvalue weighted by Gasteiger charge is 2.12. The predicted molar refractivity (Wildman–Crippen MR) is 68.7 cm³/mol. The van der Waals surface area contributed by atoms with E-state index in [-0.39, 0.29) is 23.7 Å². The summed E-state index contributed by atoms with van der Waals surface area (Å²) in [5.74, 6) is -0.544. The van der Waals surface area contributed by atoms with Gasteiger partial charge in [-0.25, -0.2) is 4.98 Å². The number of aryl methyl sites for hydroxylation is 1. The second-order valence-corrected chi connectivity index (χ2v) is 4.12. The van der Waals surface area contributed by atoms with Gasteiger partial charge in [-0.1, -0.05) is 13.3 Å². The number of nitrogens with one attached hydrogen (secondary N) is 1. The van der Waals surface area contributed by atoms with Crippen molar-refractivity contribution in [3.8, 4) is 0 Å². The summed E-state index contributed by atoms with van der Waals surface area (Å²) in [6, 6.07) is 0. The van der Waals surface area contributed by atoms with E-state index in [9.17, 15) is 9.59 Å². The summed E-state index contributed by atoms with van der Waals surface area (Å²) in [7, 11) is 0. The minimum absolute atomic E-state index is 0.000942. The fraction of sp³-hybridized carbons (Fsp3) is 0.583. The second kappa shape index (κ2) is 6.78. The maximum atomic E-state index is 11.8. The van der Waals surface area contributed by atoms with Crippen LogP contribution in [0.3, 0.4) is 0 Å². The minimum atomic E-state index is -0.823. The van der Waals surface area contributed by atoms with E-state index in [1.165, 1.54) is 0 Å². The number of aliphatic carboxylic acids is 1. The van der Waals surface area contributed by atoms with Crippen molar-refractivity contribution in [3.63, 3.8) is 0 Å². The molecule has 0 saturated heterocycles. The lowest BCUT2D eigenvalue weighted by molar-refractivity contribution is -0.138. The Kier molecular flexibility index (Phi) is 5.35. The average Bonchev–Trinajstić information content (AvgIpc) is 2.35. The Labute approximate surface area is 106 Å². The second-order valence-electron chi connectivity index (χ2n) is 4.12. The molecule has 100 valence electrons. The molecule has 2 N–H and O–H groups in total. The van der Waals surface area contributed by atoms with Gasteiger partial charge in [-0.3, -0.25) is 9.59 Å². The van der Waals surface area contributed by atoms with Gasteiger partial charge in [0.1, 0.15) is 0 Å². The fourth-order valence-electron chi connectivity index (χ4n) is 1.67. The Hall–Kier alpha value is -1.85. The highest BCUT2D eigenvalue weighted by atomic mass is 16.4. The van der Waals surface area contributed by atoms with Gasteiger partial charge in [-0.05, 0) is 12.8 Å². The third-order valence-corrected chi connectivity index (χ3v) is 2.85. The number of aromatic nitrogens is 2. The smallest absolute Gasteiger partial charge is 0.303 e. The van der Waals surface area contributed by atoms with Crippen molar-refractivity contribution in [3.05, 3.63) is 22.7 Å². The first-order valence-corrected chi connectivity index (χ1v) is 6.09. The van der Waals surface area contributed by atoms with Crippen LogP contribution in [0.25, 0.3) is 0 Å². The van der Waals surface area contributed by atoms with Gasteiger partial charge in [0.25, 0.3) is 5.56 Å². The van der Waals surface area contributed by atoms with Crippen molar-refractivity contribution < 1.29 is 9.90 Å². The number of rotatable bonds is 7. The maximum absolute atomic E-state index is 11.8. The van der Waals surface area contributed by atoms with Crippen molar-refractivity contribution in [1.29, 1.82) is 0 Å². The van der Waals surface area contributed by atoms with E-state index < -0.39 is 5.97 Å². The van der Waals surface area contributed by atoms with Crippen LogP contribution in [-0.4, -0.2) is 27.2 Å². The highest BCUT2D eigenvalue weighted by Crippen LogP contribution is 2.08. The summed E-state index contributed by atoms with van der Waals surface area (Å²) < 4.78 is 1.55. The lowest BCUT2D eigenvalue weighted by Gasteiger charge is -2.13. The molecule has 0 radical (unpaired) electrons. The van der Waals surface area contributed by atoms with E-state index in [1.807, 2.05) is 13.8 Å². The molecule has 0 aliphatic heterocycles. The van der Waals surface area contributed by atoms with E-state index in [4.69, 9.17) is 5.11 Å². The molecule has 0 amide bonds. The van der Waals surface area contributed by atoms with Gasteiger partial charge >= 0.3 is 5.97 Å². The summed E-state index contributed by atoms with van der Waals surface area (Å²) in [5.41, 5.74) is -0.176. The molecule has 1 aromatic heterocycles. The van der Waals surface area contributed by atoms with Crippen molar-refractivity contribution in [2.24, 2.45) is 5.92 Å². The lowest BCUT2D eigenvalue weighted by atomic mass is 10.0. The van der Waals surface area contributed by atoms with E-state index in [2.05, 4.69) is 10.3 Å². The zero-order chi connectivity index (χ0) is 13.5. The molecular formula is C12H19N3O3. The largest absolute Gasteiger partial charge is 0.481 e. The van der Waals surface area contributed by atoms with Gasteiger partial charge in [-0.2, -0.15) is 0 Å². The first-order chi connectivity index (χ1) is 8.58. The van der Waals surface area contributed by atoms with Crippen molar-refractivity contribution in [1.82, 2.24) is 9.55 Å². The molecule has 1 heterocycles. The van der Waals surface area contributed by atoms with Crippen LogP contribution in [0.4, 0.5) is 5.82 Å². The topological polar surface area (TPSA) is 84.2 Å². The molecule has 1 aromatic rings. The normalized spacial score (nSPS) is 12.1. The first-order valence-electron chi connectivity index (χ1n) is 6.09. The summed E-state index contributed by atoms with van der Waals surface area (Å²) in [4.78, 5) is 26.5. The molecule has 0 spiro atoms. The minimum Gasteiger partial charge on any atom is -0.481 e. The summed E-state index contributed by atoms with van der Waals surface area (Å²) >= 11 is 0. The molecule has 1 unspecified atom stereocenters. The Balaban J connectivity index is 2.68. The lowest BCUT2D eigenvalue weighted by Crippen LogP contribution is -2.26. The summed E-state index contributed by atoms with van der Waals surface area (Å²) in [5, 5.41) is 11.7. The average molecular weight is 253 g/mol. The number of nitrogens with zero attached hydrogens (tertiary/aromatic N) is 2. The quantitative estimate of drug-likeness (QED) is 0.762. The number of carbonyl (C=O) groups is 1. The van der Waals surface area contributed by atoms with Gasteiger partial charge in [0, 0.05) is 31.9 Å². The highest BCUT2D eigenvalue weighted by molar-refractivity contribution is 5.67. The van der Waals surface area contributed by atoms with Crippen LogP contribution in [-0.2, 0) is 11.3 Å². The SMILES string of the molecule is CCC(CNc1nccn(CC)c1=O)CC(=O)O. The Bertz CT molecular complexity index is 456. The monoisotopic (exact) mass is 253 g/mol. The fourth-order valence-corrected chi connectivity index (χ4v) is 1.67. The van der Waals surface area contributed by atoms with E-state index in [1.54, 1.807) is 17.0 Å². The molecule has 0 aromatic carbocycles. The summed E-state index contributed by atoms with van der Waals surface area (Å²) in [6.07, 6.45) is 4.03. The number of carboxylic acid groups (broad SMARTS) is 1. The van der Waals surface area contributed by atoms with Crippen LogP contribution in [0.1, 0.15) is 26.7 Å². The Morgan fingerprint density at radius 2 is 2.28 bits per heavy atom. The van der Waals surface area contributed by atoms with Crippen molar-refractivity contribution >= 4 is 11.8 Å². The van der Waals surface area contributed by atoms with Crippen LogP contribution in [0.2, 0.25) is 0 Å². The number of hydrogen-bond donors (Lipinski definition) is 2. The maximum Gasteiger partial charge on any atom is 0.303 e. The number of carboxylic acids is 1. The molecule has 18 heavy (non-hydrogen) atoms. The van der Waals surface area contributed by atoms with E-state index >= 15 is 0 Å². The van der Waals surface area contributed by atoms with Crippen LogP contribution >= 0.6 is 0 Å². The standard InChI is InChI=1S/C12H19N3O3/c1-3-9(7-10(16)17)8-14-11-12(18)15(4-2)6-5-13-11/h5-6,9H,3-4,7-8H2,1-2H3,(H,13,14)(H,16,17). The van der Waals surface area contributed by atoms with Gasteiger partial charge < -0.3 is 15.0 Å². The van der Waals surface area contributed by atoms with Gasteiger partial charge in [-0.15, -0.1) is 0 Å². The van der Waals surface area contributed by atoms with E-state index in [0.717, 1.165) is 6.42 Å². The van der Waals surface area contributed by atoms with Crippen molar-refractivity contribution in [2.75, 3.05) is 11.9 Å². The number of hydrogen-bond acceptors (Lipinski definition) is 4. The van der Waals surface area contributed by atoms with Crippen LogP contribution in [0.15, 0.2) is 17.2 Å². The van der Waals surface area contributed by atoms with Crippen LogP contribution in [0.5, 0.6) is 0 Å². The van der Waals surface area contributed by atoms with Gasteiger partial charge in [0.15, 0.2) is 5.82 Å². The molecule has 0 saturated carbocycles. The van der Waals surface area contributed by atoms with Crippen LogP contribution in [0, 0.1) is 5.92 Å². The molecule has 0 aliphatic rings. The molecule has 0 fully saturated rings. The molecule has 1 rings (SSSR count). The van der Waals surface area contributed by atoms with Gasteiger partial charge in [0.05, 0.1) is 0 Å². The van der Waals surface area contributed by atoms with Crippen LogP contribution < -0.4 is 10.9 Å². The van der Waals surface area contributed by atoms with E-state index in [0.29, 0.717) is 13.1 Å². The molecule has 6 heteroatoms. The third-order valence-electron chi connectivity index (χ3n) is 2.85. The molecule has 0 aliphatic carbocycles. The zero-order valence-electron chi connectivity index (χ0n) is 10.7. The number of anilines is 1.